The highest BCUT2D eigenvalue weighted by Gasteiger charge is 2.12. The van der Waals surface area contributed by atoms with Crippen LogP contribution in [-0.4, -0.2) is 12.9 Å². The van der Waals surface area contributed by atoms with Gasteiger partial charge in [-0.05, 0) is 40.6 Å². The predicted molar refractivity (Wildman–Crippen MR) is 94.9 cm³/mol. The molecule has 0 fully saturated rings. The molecule has 0 atom stereocenters. The number of hydrogen-bond donors (Lipinski definition) is 0. The first-order valence-corrected chi connectivity index (χ1v) is 7.50. The van der Waals surface area contributed by atoms with E-state index in [1.54, 1.807) is 31.4 Å². The molecule has 0 heterocycles. The van der Waals surface area contributed by atoms with Crippen molar-refractivity contribution in [1.29, 1.82) is 5.26 Å². The molecule has 24 heavy (non-hydrogen) atoms. The van der Waals surface area contributed by atoms with E-state index in [0.29, 0.717) is 5.56 Å². The SMILES string of the molecule is COc1ccc(/C=C(\C#N)C(=O)c2ccc3ccccc3c2)cc1. The highest BCUT2D eigenvalue weighted by atomic mass is 16.5. The van der Waals surface area contributed by atoms with Crippen molar-refractivity contribution in [2.75, 3.05) is 7.11 Å². The lowest BCUT2D eigenvalue weighted by Crippen LogP contribution is -2.01. The molecule has 3 nitrogen and oxygen atoms in total. The highest BCUT2D eigenvalue weighted by molar-refractivity contribution is 6.15. The fourth-order valence-corrected chi connectivity index (χ4v) is 2.50. The molecular weight excluding hydrogens is 298 g/mol. The third-order valence-electron chi connectivity index (χ3n) is 3.80. The molecule has 0 saturated heterocycles. The summed E-state index contributed by atoms with van der Waals surface area (Å²) in [5.41, 5.74) is 1.40. The number of nitriles is 1. The summed E-state index contributed by atoms with van der Waals surface area (Å²) >= 11 is 0. The van der Waals surface area contributed by atoms with E-state index >= 15 is 0 Å². The molecule has 0 aromatic heterocycles. The van der Waals surface area contributed by atoms with Crippen LogP contribution in [-0.2, 0) is 0 Å². The van der Waals surface area contributed by atoms with E-state index in [0.717, 1.165) is 22.1 Å². The maximum atomic E-state index is 12.6. The minimum absolute atomic E-state index is 0.107. The van der Waals surface area contributed by atoms with E-state index in [1.807, 2.05) is 54.6 Å². The molecule has 0 amide bonds. The Morgan fingerprint density at radius 3 is 2.38 bits per heavy atom. The second kappa shape index (κ2) is 6.80. The van der Waals surface area contributed by atoms with Crippen molar-refractivity contribution in [1.82, 2.24) is 0 Å². The Hall–Kier alpha value is -3.38. The third-order valence-corrected chi connectivity index (χ3v) is 3.80. The van der Waals surface area contributed by atoms with E-state index in [-0.39, 0.29) is 11.4 Å². The zero-order chi connectivity index (χ0) is 16.9. The number of methoxy groups -OCH3 is 1. The van der Waals surface area contributed by atoms with Crippen molar-refractivity contribution >= 4 is 22.6 Å². The van der Waals surface area contributed by atoms with E-state index in [2.05, 4.69) is 0 Å². The van der Waals surface area contributed by atoms with Gasteiger partial charge >= 0.3 is 0 Å². The lowest BCUT2D eigenvalue weighted by molar-refractivity contribution is 0.104. The van der Waals surface area contributed by atoms with Crippen LogP contribution in [0.5, 0.6) is 5.75 Å². The second-order valence-electron chi connectivity index (χ2n) is 5.33. The van der Waals surface area contributed by atoms with Gasteiger partial charge in [-0.1, -0.05) is 48.5 Å². The van der Waals surface area contributed by atoms with Crippen LogP contribution < -0.4 is 4.74 Å². The number of carbonyl (C=O) groups is 1. The van der Waals surface area contributed by atoms with Gasteiger partial charge in [-0.15, -0.1) is 0 Å². The molecule has 3 aromatic carbocycles. The van der Waals surface area contributed by atoms with Gasteiger partial charge in [0.05, 0.1) is 7.11 Å². The quantitative estimate of drug-likeness (QED) is 0.400. The van der Waals surface area contributed by atoms with Crippen molar-refractivity contribution in [3.05, 3.63) is 83.4 Å². The number of nitrogens with zero attached hydrogens (tertiary/aromatic N) is 1. The van der Waals surface area contributed by atoms with Crippen LogP contribution in [0, 0.1) is 11.3 Å². The van der Waals surface area contributed by atoms with Crippen molar-refractivity contribution in [2.45, 2.75) is 0 Å². The Morgan fingerprint density at radius 1 is 1.00 bits per heavy atom. The number of rotatable bonds is 4. The molecule has 0 spiro atoms. The van der Waals surface area contributed by atoms with Gasteiger partial charge in [0, 0.05) is 5.56 Å². The number of Topliss-reactive ketones (excluding diaryl/α,β-unsaturated/α-hetero) is 1. The minimum Gasteiger partial charge on any atom is -0.497 e. The predicted octanol–water partition coefficient (Wildman–Crippen LogP) is 4.64. The summed E-state index contributed by atoms with van der Waals surface area (Å²) in [7, 11) is 1.59. The summed E-state index contributed by atoms with van der Waals surface area (Å²) in [5.74, 6) is 0.450. The lowest BCUT2D eigenvalue weighted by Gasteiger charge is -2.03. The zero-order valence-electron chi connectivity index (χ0n) is 13.2. The first-order chi connectivity index (χ1) is 11.7. The van der Waals surface area contributed by atoms with Gasteiger partial charge in [-0.25, -0.2) is 0 Å². The van der Waals surface area contributed by atoms with Crippen LogP contribution in [0.15, 0.2) is 72.3 Å². The average Bonchev–Trinajstić information content (AvgIpc) is 2.65. The Kier molecular flexibility index (Phi) is 4.40. The first kappa shape index (κ1) is 15.5. The van der Waals surface area contributed by atoms with Crippen LogP contribution in [0.4, 0.5) is 0 Å². The number of allylic oxidation sites excluding steroid dienone is 1. The Bertz CT molecular complexity index is 963. The number of hydrogen-bond acceptors (Lipinski definition) is 3. The zero-order valence-corrected chi connectivity index (χ0v) is 13.2. The largest absolute Gasteiger partial charge is 0.497 e. The van der Waals surface area contributed by atoms with Gasteiger partial charge in [0.2, 0.25) is 5.78 Å². The maximum absolute atomic E-state index is 12.6. The number of fused-ring (bicyclic) bond motifs is 1. The lowest BCUT2D eigenvalue weighted by atomic mass is 9.99. The van der Waals surface area contributed by atoms with Crippen LogP contribution in [0.2, 0.25) is 0 Å². The number of ether oxygens (including phenoxy) is 1. The van der Waals surface area contributed by atoms with Gasteiger partial charge in [0.15, 0.2) is 0 Å². The molecule has 0 saturated carbocycles. The normalized spacial score (nSPS) is 11.1. The molecule has 3 aromatic rings. The van der Waals surface area contributed by atoms with E-state index in [9.17, 15) is 10.1 Å². The van der Waals surface area contributed by atoms with Crippen molar-refractivity contribution < 1.29 is 9.53 Å². The van der Waals surface area contributed by atoms with E-state index < -0.39 is 0 Å². The monoisotopic (exact) mass is 313 g/mol. The minimum atomic E-state index is -0.279. The smallest absolute Gasteiger partial charge is 0.203 e. The standard InChI is InChI=1S/C21H15NO2/c1-24-20-10-6-15(7-11-20)12-19(14-22)21(23)18-9-8-16-4-2-3-5-17(16)13-18/h2-13H,1H3/b19-12+. The van der Waals surface area contributed by atoms with Crippen LogP contribution in [0.25, 0.3) is 16.8 Å². The highest BCUT2D eigenvalue weighted by Crippen LogP contribution is 2.20. The number of ketones is 1. The van der Waals surface area contributed by atoms with Crippen LogP contribution in [0.3, 0.4) is 0 Å². The van der Waals surface area contributed by atoms with Crippen molar-refractivity contribution in [2.24, 2.45) is 0 Å². The molecule has 0 N–H and O–H groups in total. The summed E-state index contributed by atoms with van der Waals surface area (Å²) < 4.78 is 5.11. The number of carbonyl (C=O) groups excluding carboxylic acids is 1. The summed E-state index contributed by atoms with van der Waals surface area (Å²) in [6.07, 6.45) is 1.59. The van der Waals surface area contributed by atoms with Crippen molar-refractivity contribution in [3.63, 3.8) is 0 Å². The molecule has 0 aliphatic rings. The molecule has 0 aliphatic heterocycles. The molecule has 3 rings (SSSR count). The molecule has 3 heteroatoms. The fraction of sp³-hybridized carbons (Fsp3) is 0.0476. The van der Waals surface area contributed by atoms with E-state index in [1.165, 1.54) is 0 Å². The van der Waals surface area contributed by atoms with Gasteiger partial charge in [-0.3, -0.25) is 4.79 Å². The van der Waals surface area contributed by atoms with Gasteiger partial charge < -0.3 is 4.74 Å². The van der Waals surface area contributed by atoms with Gasteiger partial charge in [0.25, 0.3) is 0 Å². The summed E-state index contributed by atoms with van der Waals surface area (Å²) in [4.78, 5) is 12.6. The first-order valence-electron chi connectivity index (χ1n) is 7.50. The average molecular weight is 313 g/mol. The topological polar surface area (TPSA) is 50.1 Å². The maximum Gasteiger partial charge on any atom is 0.203 e. The Balaban J connectivity index is 1.95. The van der Waals surface area contributed by atoms with Crippen molar-refractivity contribution in [3.8, 4) is 11.8 Å². The molecule has 0 radical (unpaired) electrons. The summed E-state index contributed by atoms with van der Waals surface area (Å²) in [5, 5.41) is 11.4. The van der Waals surface area contributed by atoms with Crippen LogP contribution in [0.1, 0.15) is 15.9 Å². The van der Waals surface area contributed by atoms with E-state index in [4.69, 9.17) is 4.74 Å². The molecule has 0 aliphatic carbocycles. The molecular formula is C21H15NO2. The second-order valence-corrected chi connectivity index (χ2v) is 5.33. The number of benzene rings is 3. The Morgan fingerprint density at radius 2 is 1.71 bits per heavy atom. The molecule has 116 valence electrons. The fourth-order valence-electron chi connectivity index (χ4n) is 2.50. The van der Waals surface area contributed by atoms with Gasteiger partial charge in [0.1, 0.15) is 17.4 Å². The Labute approximate surface area is 140 Å². The molecule has 0 bridgehead atoms. The van der Waals surface area contributed by atoms with Crippen LogP contribution >= 0.6 is 0 Å². The molecule has 0 unspecified atom stereocenters. The summed E-state index contributed by atoms with van der Waals surface area (Å²) in [6.45, 7) is 0. The summed E-state index contributed by atoms with van der Waals surface area (Å²) in [6, 6.07) is 22.5. The third kappa shape index (κ3) is 3.18. The van der Waals surface area contributed by atoms with Gasteiger partial charge in [-0.2, -0.15) is 5.26 Å².